The number of carbonyl (C=O) groups is 2. The number of hydrogen-bond donors (Lipinski definition) is 1. The fourth-order valence-electron chi connectivity index (χ4n) is 7.61. The van der Waals surface area contributed by atoms with E-state index in [-0.39, 0.29) is 11.3 Å². The molecule has 0 radical (unpaired) electrons. The predicted octanol–water partition coefficient (Wildman–Crippen LogP) is 7.25. The van der Waals surface area contributed by atoms with Crippen LogP contribution in [0, 0.1) is 17.8 Å². The zero-order valence-corrected chi connectivity index (χ0v) is 22.6. The van der Waals surface area contributed by atoms with E-state index in [1.807, 2.05) is 59.4 Å². The number of amides is 1. The third-order valence-corrected chi connectivity index (χ3v) is 10.4. The van der Waals surface area contributed by atoms with Crippen molar-refractivity contribution in [2.24, 2.45) is 17.8 Å². The van der Waals surface area contributed by atoms with Gasteiger partial charge in [0.1, 0.15) is 4.88 Å². The Kier molecular flexibility index (Phi) is 5.64. The maximum absolute atomic E-state index is 13.9. The highest BCUT2D eigenvalue weighted by atomic mass is 35.5. The molecule has 2 aromatic heterocycles. The molecule has 2 heterocycles. The standard InChI is InChI=1S/C30H28ClN3O3S/c1-37-29(36)26-25(31)22-8-7-20(12-24(22)38-26)32-28(35)23-16-34(21-5-3-2-4-6-21)33-27(23)30-13-17-9-18(14-30)11-19(10-17)15-30/h2-8,12,16-19H,9-11,13-15H2,1H3,(H,32,35). The maximum atomic E-state index is 13.9. The molecule has 1 amide bonds. The van der Waals surface area contributed by atoms with Crippen LogP contribution in [-0.4, -0.2) is 28.8 Å². The maximum Gasteiger partial charge on any atom is 0.349 e. The molecule has 2 aromatic carbocycles. The third-order valence-electron chi connectivity index (χ3n) is 8.78. The number of nitrogens with zero attached hydrogens (tertiary/aromatic N) is 2. The second-order valence-electron chi connectivity index (χ2n) is 11.3. The molecule has 4 saturated carbocycles. The van der Waals surface area contributed by atoms with E-state index >= 15 is 0 Å². The van der Waals surface area contributed by atoms with Crippen LogP contribution in [0.5, 0.6) is 0 Å². The number of anilines is 1. The van der Waals surface area contributed by atoms with Gasteiger partial charge in [-0.1, -0.05) is 29.8 Å². The van der Waals surface area contributed by atoms with Crippen LogP contribution in [0.15, 0.2) is 54.7 Å². The number of aromatic nitrogens is 2. The van der Waals surface area contributed by atoms with Crippen molar-refractivity contribution in [2.75, 3.05) is 12.4 Å². The first kappa shape index (κ1) is 23.9. The van der Waals surface area contributed by atoms with Gasteiger partial charge in [-0.05, 0) is 86.6 Å². The summed E-state index contributed by atoms with van der Waals surface area (Å²) in [6.07, 6.45) is 9.27. The lowest BCUT2D eigenvalue weighted by atomic mass is 9.48. The van der Waals surface area contributed by atoms with Gasteiger partial charge in [0.2, 0.25) is 0 Å². The highest BCUT2D eigenvalue weighted by molar-refractivity contribution is 7.21. The summed E-state index contributed by atoms with van der Waals surface area (Å²) in [6.45, 7) is 0. The highest BCUT2D eigenvalue weighted by Crippen LogP contribution is 2.61. The molecule has 194 valence electrons. The van der Waals surface area contributed by atoms with Crippen LogP contribution in [0.1, 0.15) is 64.2 Å². The van der Waals surface area contributed by atoms with Crippen LogP contribution in [0.4, 0.5) is 5.69 Å². The van der Waals surface area contributed by atoms with Crippen molar-refractivity contribution in [3.8, 4) is 5.69 Å². The molecule has 0 spiro atoms. The molecule has 0 aliphatic heterocycles. The summed E-state index contributed by atoms with van der Waals surface area (Å²) in [5, 5.41) is 9.37. The number of carbonyl (C=O) groups excluding carboxylic acids is 2. The van der Waals surface area contributed by atoms with Gasteiger partial charge in [0.15, 0.2) is 0 Å². The number of fused-ring (bicyclic) bond motifs is 1. The lowest BCUT2D eigenvalue weighted by molar-refractivity contribution is -0.00765. The number of para-hydroxylation sites is 1. The normalized spacial score (nSPS) is 25.6. The zero-order valence-electron chi connectivity index (χ0n) is 21.1. The minimum absolute atomic E-state index is 0.0257. The lowest BCUT2D eigenvalue weighted by Crippen LogP contribution is -2.49. The fourth-order valence-corrected chi connectivity index (χ4v) is 9.08. The molecule has 8 rings (SSSR count). The van der Waals surface area contributed by atoms with Gasteiger partial charge in [-0.25, -0.2) is 9.48 Å². The van der Waals surface area contributed by atoms with Crippen molar-refractivity contribution < 1.29 is 14.3 Å². The third kappa shape index (κ3) is 3.86. The first-order valence-corrected chi connectivity index (χ1v) is 14.4. The summed E-state index contributed by atoms with van der Waals surface area (Å²) < 4.78 is 7.54. The molecule has 8 heteroatoms. The van der Waals surface area contributed by atoms with Crippen molar-refractivity contribution in [1.29, 1.82) is 0 Å². The summed E-state index contributed by atoms with van der Waals surface area (Å²) in [6, 6.07) is 15.5. The minimum atomic E-state index is -0.463. The van der Waals surface area contributed by atoms with Gasteiger partial charge in [-0.2, -0.15) is 5.10 Å². The molecule has 4 aliphatic rings. The van der Waals surface area contributed by atoms with Crippen molar-refractivity contribution in [1.82, 2.24) is 9.78 Å². The van der Waals surface area contributed by atoms with Gasteiger partial charge in [0, 0.05) is 27.4 Å². The van der Waals surface area contributed by atoms with Crippen LogP contribution in [0.3, 0.4) is 0 Å². The summed E-state index contributed by atoms with van der Waals surface area (Å²) in [5.41, 5.74) is 3.17. The second-order valence-corrected chi connectivity index (χ2v) is 12.7. The highest BCUT2D eigenvalue weighted by Gasteiger charge is 2.54. The number of hydrogen-bond acceptors (Lipinski definition) is 5. The number of esters is 1. The lowest BCUT2D eigenvalue weighted by Gasteiger charge is -2.56. The number of halogens is 1. The van der Waals surface area contributed by atoms with E-state index in [9.17, 15) is 9.59 Å². The Morgan fingerprint density at radius 2 is 1.74 bits per heavy atom. The molecular weight excluding hydrogens is 518 g/mol. The van der Waals surface area contributed by atoms with E-state index in [4.69, 9.17) is 21.4 Å². The summed E-state index contributed by atoms with van der Waals surface area (Å²) in [7, 11) is 1.34. The molecule has 4 bridgehead atoms. The minimum Gasteiger partial charge on any atom is -0.465 e. The van der Waals surface area contributed by atoms with Crippen LogP contribution >= 0.6 is 22.9 Å². The summed E-state index contributed by atoms with van der Waals surface area (Å²) in [4.78, 5) is 26.3. The Bertz CT molecular complexity index is 1540. The molecule has 0 saturated heterocycles. The first-order chi connectivity index (χ1) is 18.4. The molecule has 0 unspecified atom stereocenters. The van der Waals surface area contributed by atoms with Gasteiger partial charge < -0.3 is 10.1 Å². The average Bonchev–Trinajstić information content (AvgIpc) is 3.51. The SMILES string of the molecule is COC(=O)c1sc2cc(NC(=O)c3cn(-c4ccccc4)nc3C34CC5CC(CC(C5)C3)C4)ccc2c1Cl. The van der Waals surface area contributed by atoms with Gasteiger partial charge in [0.25, 0.3) is 5.91 Å². The largest absolute Gasteiger partial charge is 0.465 e. The Balaban J connectivity index is 1.26. The first-order valence-electron chi connectivity index (χ1n) is 13.2. The molecule has 38 heavy (non-hydrogen) atoms. The second kappa shape index (κ2) is 8.95. The van der Waals surface area contributed by atoms with E-state index < -0.39 is 5.97 Å². The molecule has 6 nitrogen and oxygen atoms in total. The van der Waals surface area contributed by atoms with Crippen LogP contribution in [0.2, 0.25) is 5.02 Å². The van der Waals surface area contributed by atoms with Crippen molar-refractivity contribution >= 4 is 50.6 Å². The Morgan fingerprint density at radius 1 is 1.05 bits per heavy atom. The molecule has 1 N–H and O–H groups in total. The quantitative estimate of drug-likeness (QED) is 0.268. The number of thiophene rings is 1. The summed E-state index contributed by atoms with van der Waals surface area (Å²) in [5.74, 6) is 1.61. The van der Waals surface area contributed by atoms with E-state index in [1.54, 1.807) is 0 Å². The number of nitrogens with one attached hydrogen (secondary N) is 1. The van der Waals surface area contributed by atoms with Gasteiger partial charge in [0.05, 0.1) is 29.1 Å². The van der Waals surface area contributed by atoms with Gasteiger partial charge >= 0.3 is 5.97 Å². The molecule has 4 fully saturated rings. The predicted molar refractivity (Wildman–Crippen MR) is 150 cm³/mol. The van der Waals surface area contributed by atoms with Crippen molar-refractivity contribution in [3.05, 3.63) is 75.9 Å². The van der Waals surface area contributed by atoms with Gasteiger partial charge in [-0.15, -0.1) is 11.3 Å². The van der Waals surface area contributed by atoms with Crippen molar-refractivity contribution in [2.45, 2.75) is 43.9 Å². The number of rotatable bonds is 5. The molecule has 4 aromatic rings. The fraction of sp³-hybridized carbons (Fsp3) is 0.367. The summed E-state index contributed by atoms with van der Waals surface area (Å²) >= 11 is 7.69. The van der Waals surface area contributed by atoms with E-state index in [2.05, 4.69) is 5.32 Å². The zero-order chi connectivity index (χ0) is 26.0. The van der Waals surface area contributed by atoms with Crippen LogP contribution in [0.25, 0.3) is 15.8 Å². The number of ether oxygens (including phenoxy) is 1. The van der Waals surface area contributed by atoms with E-state index in [0.717, 1.165) is 58.5 Å². The smallest absolute Gasteiger partial charge is 0.349 e. The molecular formula is C30H28ClN3O3S. The van der Waals surface area contributed by atoms with E-state index in [1.165, 1.54) is 37.7 Å². The number of methoxy groups -OCH3 is 1. The topological polar surface area (TPSA) is 73.2 Å². The Labute approximate surface area is 229 Å². The monoisotopic (exact) mass is 545 g/mol. The Morgan fingerprint density at radius 3 is 2.39 bits per heavy atom. The van der Waals surface area contributed by atoms with Crippen molar-refractivity contribution in [3.63, 3.8) is 0 Å². The van der Waals surface area contributed by atoms with Crippen LogP contribution < -0.4 is 5.32 Å². The Hall–Kier alpha value is -3.16. The number of benzene rings is 2. The van der Waals surface area contributed by atoms with E-state index in [0.29, 0.717) is 21.2 Å². The molecule has 4 aliphatic carbocycles. The molecule has 0 atom stereocenters. The van der Waals surface area contributed by atoms with Gasteiger partial charge in [-0.3, -0.25) is 4.79 Å². The average molecular weight is 546 g/mol. The van der Waals surface area contributed by atoms with Crippen LogP contribution in [-0.2, 0) is 10.2 Å².